The molecule has 0 amide bonds. The van der Waals surface area contributed by atoms with E-state index < -0.39 is 0 Å². The second kappa shape index (κ2) is 6.41. The molecule has 0 unspecified atom stereocenters. The van der Waals surface area contributed by atoms with Crippen LogP contribution in [0.5, 0.6) is 0 Å². The van der Waals surface area contributed by atoms with Crippen LogP contribution in [0.25, 0.3) is 10.9 Å². The summed E-state index contributed by atoms with van der Waals surface area (Å²) in [7, 11) is 0. The maximum absolute atomic E-state index is 5.49. The van der Waals surface area contributed by atoms with Gasteiger partial charge in [0.1, 0.15) is 5.82 Å². The van der Waals surface area contributed by atoms with E-state index in [-0.39, 0.29) is 0 Å². The van der Waals surface area contributed by atoms with Crippen molar-refractivity contribution < 1.29 is 4.74 Å². The number of pyridine rings is 1. The fourth-order valence-electron chi connectivity index (χ4n) is 4.02. The molecule has 0 spiro atoms. The highest BCUT2D eigenvalue weighted by atomic mass is 16.5. The Kier molecular flexibility index (Phi) is 3.93. The van der Waals surface area contributed by atoms with Crippen LogP contribution in [0, 0.1) is 0 Å². The molecule has 3 aliphatic rings. The van der Waals surface area contributed by atoms with Crippen LogP contribution in [-0.2, 0) is 4.74 Å². The van der Waals surface area contributed by atoms with Gasteiger partial charge in [0.25, 0.3) is 0 Å². The first-order valence-electron chi connectivity index (χ1n) is 9.63. The van der Waals surface area contributed by atoms with Crippen molar-refractivity contribution in [1.29, 1.82) is 0 Å². The Morgan fingerprint density at radius 2 is 1.68 bits per heavy atom. The lowest BCUT2D eigenvalue weighted by Crippen LogP contribution is -2.38. The van der Waals surface area contributed by atoms with Crippen LogP contribution in [0.3, 0.4) is 0 Å². The van der Waals surface area contributed by atoms with Gasteiger partial charge in [-0.25, -0.2) is 4.98 Å². The van der Waals surface area contributed by atoms with Crippen molar-refractivity contribution in [3.05, 3.63) is 18.0 Å². The minimum atomic E-state index is 0.651. The van der Waals surface area contributed by atoms with Crippen LogP contribution >= 0.6 is 0 Å². The van der Waals surface area contributed by atoms with Gasteiger partial charge in [0, 0.05) is 37.8 Å². The summed E-state index contributed by atoms with van der Waals surface area (Å²) < 4.78 is 5.49. The van der Waals surface area contributed by atoms with E-state index in [1.807, 2.05) is 12.4 Å². The van der Waals surface area contributed by atoms with Gasteiger partial charge in [-0.15, -0.1) is 0 Å². The SMILES string of the molecule is c1ncc2nc(N3CCOCC3)nc(N3CCCCC3)c2c1C1CC1. The van der Waals surface area contributed by atoms with Gasteiger partial charge in [-0.3, -0.25) is 4.98 Å². The zero-order valence-electron chi connectivity index (χ0n) is 14.7. The van der Waals surface area contributed by atoms with Crippen molar-refractivity contribution in [2.45, 2.75) is 38.0 Å². The molecule has 3 fully saturated rings. The number of hydrogen-bond donors (Lipinski definition) is 0. The number of nitrogens with zero attached hydrogens (tertiary/aromatic N) is 5. The number of rotatable bonds is 3. The van der Waals surface area contributed by atoms with Gasteiger partial charge in [0.2, 0.25) is 5.95 Å². The van der Waals surface area contributed by atoms with Crippen molar-refractivity contribution >= 4 is 22.7 Å². The number of ether oxygens (including phenoxy) is 1. The molecule has 1 aliphatic carbocycles. The van der Waals surface area contributed by atoms with Crippen LogP contribution in [0.2, 0.25) is 0 Å². The Balaban J connectivity index is 1.65. The molecule has 1 saturated carbocycles. The van der Waals surface area contributed by atoms with E-state index in [4.69, 9.17) is 14.7 Å². The molecular formula is C19H25N5O. The Labute approximate surface area is 148 Å². The summed E-state index contributed by atoms with van der Waals surface area (Å²) in [5, 5.41) is 1.25. The summed E-state index contributed by atoms with van der Waals surface area (Å²) in [5.74, 6) is 2.62. The molecule has 25 heavy (non-hydrogen) atoms. The average Bonchev–Trinajstić information content (AvgIpc) is 3.53. The lowest BCUT2D eigenvalue weighted by molar-refractivity contribution is 0.122. The molecule has 0 aromatic carbocycles. The highest BCUT2D eigenvalue weighted by Crippen LogP contribution is 2.45. The van der Waals surface area contributed by atoms with Gasteiger partial charge in [-0.05, 0) is 43.6 Å². The van der Waals surface area contributed by atoms with Crippen molar-refractivity contribution in [2.24, 2.45) is 0 Å². The molecule has 4 heterocycles. The molecule has 0 radical (unpaired) electrons. The van der Waals surface area contributed by atoms with Crippen LogP contribution < -0.4 is 9.80 Å². The number of hydrogen-bond acceptors (Lipinski definition) is 6. The molecule has 2 saturated heterocycles. The fraction of sp³-hybridized carbons (Fsp3) is 0.632. The van der Waals surface area contributed by atoms with E-state index in [2.05, 4.69) is 14.8 Å². The first-order chi connectivity index (χ1) is 12.4. The number of fused-ring (bicyclic) bond motifs is 1. The Hall–Kier alpha value is -1.95. The fourth-order valence-corrected chi connectivity index (χ4v) is 4.02. The van der Waals surface area contributed by atoms with Gasteiger partial charge < -0.3 is 14.5 Å². The third-order valence-corrected chi connectivity index (χ3v) is 5.57. The molecule has 2 aliphatic heterocycles. The van der Waals surface area contributed by atoms with Crippen LogP contribution in [-0.4, -0.2) is 54.3 Å². The van der Waals surface area contributed by atoms with Crippen molar-refractivity contribution in [3.8, 4) is 0 Å². The second-order valence-corrected chi connectivity index (χ2v) is 7.39. The molecule has 5 rings (SSSR count). The molecule has 6 heteroatoms. The number of morpholine rings is 1. The standard InChI is InChI=1S/C19H25N5O/c1-2-6-23(7-3-1)18-17-15(14-4-5-14)12-20-13-16(17)21-19(22-18)24-8-10-25-11-9-24/h12-14H,1-11H2. The summed E-state index contributed by atoms with van der Waals surface area (Å²) >= 11 is 0. The summed E-state index contributed by atoms with van der Waals surface area (Å²) in [6.07, 6.45) is 10.3. The van der Waals surface area contributed by atoms with Gasteiger partial charge >= 0.3 is 0 Å². The monoisotopic (exact) mass is 339 g/mol. The van der Waals surface area contributed by atoms with Crippen LogP contribution in [0.4, 0.5) is 11.8 Å². The molecule has 6 nitrogen and oxygen atoms in total. The normalized spacial score (nSPS) is 21.8. The van der Waals surface area contributed by atoms with E-state index >= 15 is 0 Å². The van der Waals surface area contributed by atoms with Crippen molar-refractivity contribution in [2.75, 3.05) is 49.2 Å². The molecule has 2 aromatic rings. The minimum absolute atomic E-state index is 0.651. The second-order valence-electron chi connectivity index (χ2n) is 7.39. The van der Waals surface area contributed by atoms with Gasteiger partial charge in [-0.1, -0.05) is 0 Å². The molecule has 0 atom stereocenters. The topological polar surface area (TPSA) is 54.4 Å². The van der Waals surface area contributed by atoms with E-state index in [1.54, 1.807) is 0 Å². The lowest BCUT2D eigenvalue weighted by Gasteiger charge is -2.32. The summed E-state index contributed by atoms with van der Waals surface area (Å²) in [6, 6.07) is 0. The van der Waals surface area contributed by atoms with Crippen molar-refractivity contribution in [1.82, 2.24) is 15.0 Å². The van der Waals surface area contributed by atoms with E-state index in [9.17, 15) is 0 Å². The third kappa shape index (κ3) is 2.92. The average molecular weight is 339 g/mol. The van der Waals surface area contributed by atoms with Gasteiger partial charge in [-0.2, -0.15) is 4.98 Å². The third-order valence-electron chi connectivity index (χ3n) is 5.57. The Bertz CT molecular complexity index is 764. The zero-order valence-corrected chi connectivity index (χ0v) is 14.7. The maximum Gasteiger partial charge on any atom is 0.228 e. The van der Waals surface area contributed by atoms with E-state index in [0.29, 0.717) is 5.92 Å². The quantitative estimate of drug-likeness (QED) is 0.857. The lowest BCUT2D eigenvalue weighted by atomic mass is 10.1. The Morgan fingerprint density at radius 1 is 0.880 bits per heavy atom. The molecular weight excluding hydrogens is 314 g/mol. The molecule has 132 valence electrons. The first-order valence-corrected chi connectivity index (χ1v) is 9.63. The highest BCUT2D eigenvalue weighted by molar-refractivity contribution is 5.93. The van der Waals surface area contributed by atoms with Crippen molar-refractivity contribution in [3.63, 3.8) is 0 Å². The van der Waals surface area contributed by atoms with Gasteiger partial charge in [0.05, 0.1) is 24.9 Å². The predicted octanol–water partition coefficient (Wildman–Crippen LogP) is 2.73. The molecule has 2 aromatic heterocycles. The van der Waals surface area contributed by atoms with Gasteiger partial charge in [0.15, 0.2) is 0 Å². The maximum atomic E-state index is 5.49. The predicted molar refractivity (Wildman–Crippen MR) is 98.4 cm³/mol. The number of anilines is 2. The van der Waals surface area contributed by atoms with E-state index in [0.717, 1.165) is 56.7 Å². The van der Waals surface area contributed by atoms with Crippen LogP contribution in [0.15, 0.2) is 12.4 Å². The zero-order chi connectivity index (χ0) is 16.6. The minimum Gasteiger partial charge on any atom is -0.378 e. The summed E-state index contributed by atoms with van der Waals surface area (Å²) in [4.78, 5) is 19.2. The first kappa shape index (κ1) is 15.3. The molecule has 0 N–H and O–H groups in total. The summed E-state index contributed by atoms with van der Waals surface area (Å²) in [6.45, 7) is 5.42. The molecule has 0 bridgehead atoms. The number of aromatic nitrogens is 3. The smallest absolute Gasteiger partial charge is 0.228 e. The number of piperidine rings is 1. The highest BCUT2D eigenvalue weighted by Gasteiger charge is 2.29. The van der Waals surface area contributed by atoms with E-state index in [1.165, 1.54) is 43.1 Å². The Morgan fingerprint density at radius 3 is 2.44 bits per heavy atom. The van der Waals surface area contributed by atoms with Crippen LogP contribution in [0.1, 0.15) is 43.6 Å². The summed E-state index contributed by atoms with van der Waals surface area (Å²) in [5.41, 5.74) is 2.35. The largest absolute Gasteiger partial charge is 0.378 e.